The number of likely N-dealkylation sites (N-methyl/N-ethyl adjacent to an activating group) is 2. The molecule has 12 heteroatoms. The molecule has 0 bridgehead atoms. The molecular weight excluding hydrogens is 666 g/mol. The Kier molecular flexibility index (Phi) is 9.67. The summed E-state index contributed by atoms with van der Waals surface area (Å²) < 4.78 is 1.40. The minimum Gasteiger partial charge on any atom is -0.363 e. The first-order chi connectivity index (χ1) is 16.2. The van der Waals surface area contributed by atoms with Crippen molar-refractivity contribution in [2.45, 2.75) is 0 Å². The SMILES string of the molecule is CN1CCN(c2cccc(I)c2[N+](=O)[O-])CC1.CN1CCN(c2cccc(I)c2[N+](=O)[O-])CC1. The van der Waals surface area contributed by atoms with Crippen LogP contribution in [0.1, 0.15) is 0 Å². The number of benzene rings is 2. The van der Waals surface area contributed by atoms with Crippen LogP contribution in [0.5, 0.6) is 0 Å². The number of para-hydroxylation sites is 2. The van der Waals surface area contributed by atoms with E-state index in [1.165, 1.54) is 0 Å². The van der Waals surface area contributed by atoms with Gasteiger partial charge in [-0.2, -0.15) is 0 Å². The lowest BCUT2D eigenvalue weighted by molar-refractivity contribution is -0.385. The summed E-state index contributed by atoms with van der Waals surface area (Å²) >= 11 is 4.05. The van der Waals surface area contributed by atoms with Crippen LogP contribution in [0.2, 0.25) is 0 Å². The summed E-state index contributed by atoms with van der Waals surface area (Å²) in [6, 6.07) is 11.0. The van der Waals surface area contributed by atoms with Crippen LogP contribution in [-0.2, 0) is 0 Å². The molecule has 0 aromatic heterocycles. The zero-order valence-electron chi connectivity index (χ0n) is 19.2. The largest absolute Gasteiger partial charge is 0.363 e. The van der Waals surface area contributed by atoms with Gasteiger partial charge in [0, 0.05) is 52.4 Å². The molecule has 4 rings (SSSR count). The van der Waals surface area contributed by atoms with Crippen LogP contribution in [0.4, 0.5) is 22.7 Å². The van der Waals surface area contributed by atoms with Crippen molar-refractivity contribution in [2.75, 3.05) is 76.3 Å². The highest BCUT2D eigenvalue weighted by molar-refractivity contribution is 14.1. The van der Waals surface area contributed by atoms with Gasteiger partial charge in [0.15, 0.2) is 0 Å². The van der Waals surface area contributed by atoms with Gasteiger partial charge in [-0.3, -0.25) is 20.2 Å². The van der Waals surface area contributed by atoms with Crippen LogP contribution < -0.4 is 9.80 Å². The van der Waals surface area contributed by atoms with Gasteiger partial charge < -0.3 is 19.6 Å². The van der Waals surface area contributed by atoms with Crippen LogP contribution >= 0.6 is 45.2 Å². The minimum absolute atomic E-state index is 0.234. The molecule has 2 aromatic carbocycles. The highest BCUT2D eigenvalue weighted by Gasteiger charge is 2.25. The number of rotatable bonds is 4. The number of nitro benzene ring substituents is 2. The third-order valence-corrected chi connectivity index (χ3v) is 7.73. The topological polar surface area (TPSA) is 99.2 Å². The quantitative estimate of drug-likeness (QED) is 0.270. The molecule has 0 spiro atoms. The summed E-state index contributed by atoms with van der Waals surface area (Å²) in [5.74, 6) is 0. The van der Waals surface area contributed by atoms with Crippen molar-refractivity contribution >= 4 is 67.9 Å². The predicted molar refractivity (Wildman–Crippen MR) is 151 cm³/mol. The van der Waals surface area contributed by atoms with Crippen molar-refractivity contribution in [3.05, 3.63) is 63.8 Å². The Balaban J connectivity index is 0.000000191. The van der Waals surface area contributed by atoms with Crippen molar-refractivity contribution in [1.29, 1.82) is 0 Å². The molecule has 0 unspecified atom stereocenters. The summed E-state index contributed by atoms with van der Waals surface area (Å²) in [6.45, 7) is 7.17. The lowest BCUT2D eigenvalue weighted by Crippen LogP contribution is -2.44. The Morgan fingerprint density at radius 3 is 1.26 bits per heavy atom. The van der Waals surface area contributed by atoms with Gasteiger partial charge in [-0.05, 0) is 83.5 Å². The molecule has 2 saturated heterocycles. The third kappa shape index (κ3) is 6.66. The van der Waals surface area contributed by atoms with E-state index >= 15 is 0 Å². The molecule has 2 heterocycles. The Labute approximate surface area is 226 Å². The van der Waals surface area contributed by atoms with Crippen LogP contribution in [0.15, 0.2) is 36.4 Å². The Bertz CT molecular complexity index is 943. The summed E-state index contributed by atoms with van der Waals surface area (Å²) in [5.41, 5.74) is 1.96. The van der Waals surface area contributed by atoms with E-state index in [0.29, 0.717) is 7.14 Å². The molecule has 0 radical (unpaired) electrons. The van der Waals surface area contributed by atoms with E-state index in [2.05, 4.69) is 33.7 Å². The smallest absolute Gasteiger partial charge is 0.305 e. The van der Waals surface area contributed by atoms with E-state index in [0.717, 1.165) is 63.7 Å². The Hall–Kier alpha value is -1.78. The van der Waals surface area contributed by atoms with Crippen molar-refractivity contribution in [1.82, 2.24) is 9.80 Å². The molecule has 2 fully saturated rings. The first-order valence-electron chi connectivity index (χ1n) is 10.9. The fourth-order valence-electron chi connectivity index (χ4n) is 3.97. The molecule has 0 aliphatic carbocycles. The molecular formula is C22H28I2N6O4. The number of hydrogen-bond donors (Lipinski definition) is 0. The molecule has 184 valence electrons. The van der Waals surface area contributed by atoms with Gasteiger partial charge in [0.2, 0.25) is 0 Å². The predicted octanol–water partition coefficient (Wildman–Crippen LogP) is 3.90. The van der Waals surface area contributed by atoms with Gasteiger partial charge in [-0.15, -0.1) is 0 Å². The first-order valence-corrected chi connectivity index (χ1v) is 13.1. The summed E-state index contributed by atoms with van der Waals surface area (Å²) in [5, 5.41) is 22.2. The fraction of sp³-hybridized carbons (Fsp3) is 0.455. The molecule has 2 aliphatic rings. The molecule has 2 aliphatic heterocycles. The first kappa shape index (κ1) is 26.8. The molecule has 0 amide bonds. The second-order valence-electron chi connectivity index (χ2n) is 8.31. The number of anilines is 2. The Morgan fingerprint density at radius 1 is 0.647 bits per heavy atom. The molecule has 0 N–H and O–H groups in total. The monoisotopic (exact) mass is 694 g/mol. The zero-order valence-corrected chi connectivity index (χ0v) is 23.5. The molecule has 34 heavy (non-hydrogen) atoms. The van der Waals surface area contributed by atoms with E-state index < -0.39 is 0 Å². The van der Waals surface area contributed by atoms with E-state index in [-0.39, 0.29) is 21.2 Å². The number of halogens is 2. The van der Waals surface area contributed by atoms with Gasteiger partial charge in [-0.1, -0.05) is 12.1 Å². The molecule has 10 nitrogen and oxygen atoms in total. The Morgan fingerprint density at radius 2 is 0.971 bits per heavy atom. The summed E-state index contributed by atoms with van der Waals surface area (Å²) in [4.78, 5) is 30.3. The van der Waals surface area contributed by atoms with E-state index in [4.69, 9.17) is 0 Å². The van der Waals surface area contributed by atoms with Crippen LogP contribution in [-0.4, -0.2) is 86.1 Å². The number of nitro groups is 2. The van der Waals surface area contributed by atoms with Crippen LogP contribution in [0.25, 0.3) is 0 Å². The van der Waals surface area contributed by atoms with Crippen molar-refractivity contribution < 1.29 is 9.85 Å². The maximum absolute atomic E-state index is 11.1. The number of hydrogen-bond acceptors (Lipinski definition) is 8. The second kappa shape index (κ2) is 12.3. The van der Waals surface area contributed by atoms with Crippen LogP contribution in [0.3, 0.4) is 0 Å². The highest BCUT2D eigenvalue weighted by atomic mass is 127. The second-order valence-corrected chi connectivity index (χ2v) is 10.6. The maximum Gasteiger partial charge on any atom is 0.305 e. The number of nitrogens with zero attached hydrogens (tertiary/aromatic N) is 6. The third-order valence-electron chi connectivity index (χ3n) is 5.98. The lowest BCUT2D eigenvalue weighted by atomic mass is 10.2. The standard InChI is InChI=1S/2C11H14IN3O2/c2*1-13-5-7-14(8-6-13)10-4-2-3-9(12)11(10)15(16)17/h2*2-4H,5-8H2,1H3. The summed E-state index contributed by atoms with van der Waals surface area (Å²) in [7, 11) is 4.14. The zero-order chi connectivity index (χ0) is 24.8. The van der Waals surface area contributed by atoms with Gasteiger partial charge in [0.25, 0.3) is 0 Å². The minimum atomic E-state index is -0.282. The van der Waals surface area contributed by atoms with Crippen molar-refractivity contribution in [3.63, 3.8) is 0 Å². The average molecular weight is 694 g/mol. The normalized spacial score (nSPS) is 17.2. The molecule has 2 aromatic rings. The van der Waals surface area contributed by atoms with Gasteiger partial charge >= 0.3 is 11.4 Å². The van der Waals surface area contributed by atoms with Gasteiger partial charge in [0.1, 0.15) is 11.4 Å². The van der Waals surface area contributed by atoms with E-state index in [9.17, 15) is 20.2 Å². The highest BCUT2D eigenvalue weighted by Crippen LogP contribution is 2.34. The van der Waals surface area contributed by atoms with Gasteiger partial charge in [-0.25, -0.2) is 0 Å². The fourth-order valence-corrected chi connectivity index (χ4v) is 5.34. The maximum atomic E-state index is 11.1. The van der Waals surface area contributed by atoms with E-state index in [1.54, 1.807) is 12.1 Å². The average Bonchev–Trinajstić information content (AvgIpc) is 2.80. The summed E-state index contributed by atoms with van der Waals surface area (Å²) in [6.07, 6.45) is 0. The lowest BCUT2D eigenvalue weighted by Gasteiger charge is -2.33. The van der Waals surface area contributed by atoms with Crippen molar-refractivity contribution in [3.8, 4) is 0 Å². The van der Waals surface area contributed by atoms with Crippen molar-refractivity contribution in [2.24, 2.45) is 0 Å². The van der Waals surface area contributed by atoms with Gasteiger partial charge in [0.05, 0.1) is 17.0 Å². The van der Waals surface area contributed by atoms with Crippen LogP contribution in [0, 0.1) is 27.4 Å². The van der Waals surface area contributed by atoms with E-state index in [1.807, 2.05) is 69.4 Å². The molecule has 0 atom stereocenters. The molecule has 0 saturated carbocycles. The number of piperazine rings is 2.